The van der Waals surface area contributed by atoms with E-state index < -0.39 is 0 Å². The van der Waals surface area contributed by atoms with Gasteiger partial charge in [-0.1, -0.05) is 16.4 Å². The van der Waals surface area contributed by atoms with E-state index in [1.807, 2.05) is 17.5 Å². The molecule has 0 fully saturated rings. The van der Waals surface area contributed by atoms with Gasteiger partial charge in [0.05, 0.1) is 22.6 Å². The summed E-state index contributed by atoms with van der Waals surface area (Å²) < 4.78 is 6.80. The molecule has 0 aromatic carbocycles. The van der Waals surface area contributed by atoms with Gasteiger partial charge in [0.25, 0.3) is 5.89 Å². The van der Waals surface area contributed by atoms with Crippen LogP contribution < -0.4 is 0 Å². The van der Waals surface area contributed by atoms with Crippen LogP contribution in [0.4, 0.5) is 0 Å². The summed E-state index contributed by atoms with van der Waals surface area (Å²) in [7, 11) is 0. The molecule has 6 nitrogen and oxygen atoms in total. The minimum Gasteiger partial charge on any atom is -0.333 e. The average molecular weight is 282 g/mol. The normalized spacial score (nSPS) is 10.9. The Morgan fingerprint density at radius 3 is 3.11 bits per heavy atom. The van der Waals surface area contributed by atoms with Gasteiger partial charge < -0.3 is 4.52 Å². The van der Waals surface area contributed by atoms with E-state index in [-0.39, 0.29) is 0 Å². The molecule has 0 unspecified atom stereocenters. The summed E-state index contributed by atoms with van der Waals surface area (Å²) >= 11 is 7.21. The first kappa shape index (κ1) is 11.4. The monoisotopic (exact) mass is 281 g/mol. The van der Waals surface area contributed by atoms with Crippen molar-refractivity contribution in [3.8, 4) is 10.8 Å². The van der Waals surface area contributed by atoms with E-state index in [9.17, 15) is 0 Å². The Hall–Kier alpha value is -1.73. The molecule has 0 aliphatic heterocycles. The second-order valence-corrected chi connectivity index (χ2v) is 4.75. The molecule has 3 rings (SSSR count). The van der Waals surface area contributed by atoms with Gasteiger partial charge in [0.2, 0.25) is 0 Å². The highest BCUT2D eigenvalue weighted by atomic mass is 35.5. The largest absolute Gasteiger partial charge is 0.333 e. The van der Waals surface area contributed by atoms with Crippen LogP contribution in [-0.4, -0.2) is 25.1 Å². The second kappa shape index (κ2) is 4.87. The van der Waals surface area contributed by atoms with Gasteiger partial charge in [0.15, 0.2) is 5.82 Å². The Labute approximate surface area is 111 Å². The van der Waals surface area contributed by atoms with E-state index >= 15 is 0 Å². The minimum absolute atomic E-state index is 0.340. The predicted molar refractivity (Wildman–Crippen MR) is 66.3 cm³/mol. The second-order valence-electron chi connectivity index (χ2n) is 3.53. The number of hydrogen-bond donors (Lipinski definition) is 0. The summed E-state index contributed by atoms with van der Waals surface area (Å²) in [5.74, 6) is 1.43. The Balaban J connectivity index is 1.77. The van der Waals surface area contributed by atoms with Crippen LogP contribution >= 0.6 is 22.9 Å². The molecule has 8 heteroatoms. The quantitative estimate of drug-likeness (QED) is 0.686. The number of thiophene rings is 1. The Kier molecular flexibility index (Phi) is 3.07. The van der Waals surface area contributed by atoms with Crippen molar-refractivity contribution in [2.24, 2.45) is 0 Å². The van der Waals surface area contributed by atoms with Crippen LogP contribution in [0, 0.1) is 0 Å². The van der Waals surface area contributed by atoms with Gasteiger partial charge in [-0.2, -0.15) is 4.98 Å². The fraction of sp³-hybridized carbons (Fsp3) is 0.200. The van der Waals surface area contributed by atoms with Crippen LogP contribution in [0.2, 0.25) is 0 Å². The molecule has 0 spiro atoms. The van der Waals surface area contributed by atoms with Crippen LogP contribution in [0.25, 0.3) is 10.8 Å². The van der Waals surface area contributed by atoms with Gasteiger partial charge in [-0.05, 0) is 11.4 Å². The molecule has 0 bridgehead atoms. The van der Waals surface area contributed by atoms with Crippen LogP contribution in [0.3, 0.4) is 0 Å². The van der Waals surface area contributed by atoms with Crippen molar-refractivity contribution in [2.45, 2.75) is 12.4 Å². The molecule has 18 heavy (non-hydrogen) atoms. The van der Waals surface area contributed by atoms with Crippen LogP contribution in [0.15, 0.2) is 28.2 Å². The van der Waals surface area contributed by atoms with Crippen molar-refractivity contribution < 1.29 is 4.52 Å². The summed E-state index contributed by atoms with van der Waals surface area (Å²) in [6.45, 7) is 0.415. The van der Waals surface area contributed by atoms with E-state index in [0.717, 1.165) is 10.6 Å². The van der Waals surface area contributed by atoms with Gasteiger partial charge in [0, 0.05) is 0 Å². The van der Waals surface area contributed by atoms with Crippen molar-refractivity contribution >= 4 is 22.9 Å². The SMILES string of the molecule is ClCc1cn(Cc2noc(-c3cccs3)n2)nn1. The Morgan fingerprint density at radius 2 is 2.39 bits per heavy atom. The van der Waals surface area contributed by atoms with Gasteiger partial charge in [0.1, 0.15) is 6.54 Å². The highest BCUT2D eigenvalue weighted by Crippen LogP contribution is 2.22. The number of rotatable bonds is 4. The summed E-state index contributed by atoms with van der Waals surface area (Å²) in [4.78, 5) is 5.25. The molecular weight excluding hydrogens is 274 g/mol. The summed E-state index contributed by atoms with van der Waals surface area (Å²) in [6, 6.07) is 3.87. The van der Waals surface area contributed by atoms with E-state index in [0.29, 0.717) is 24.1 Å². The lowest BCUT2D eigenvalue weighted by molar-refractivity contribution is 0.419. The number of alkyl halides is 1. The van der Waals surface area contributed by atoms with Gasteiger partial charge >= 0.3 is 0 Å². The fourth-order valence-electron chi connectivity index (χ4n) is 1.44. The number of halogens is 1. The fourth-order valence-corrected chi connectivity index (χ4v) is 2.21. The maximum absolute atomic E-state index is 5.65. The lowest BCUT2D eigenvalue weighted by Gasteiger charge is -1.91. The highest BCUT2D eigenvalue weighted by Gasteiger charge is 2.10. The summed E-state index contributed by atoms with van der Waals surface area (Å²) in [5.41, 5.74) is 0.721. The van der Waals surface area contributed by atoms with Gasteiger partial charge in [-0.15, -0.1) is 28.0 Å². The smallest absolute Gasteiger partial charge is 0.268 e. The third-order valence-electron chi connectivity index (χ3n) is 2.23. The van der Waals surface area contributed by atoms with E-state index in [1.54, 1.807) is 22.2 Å². The third-order valence-corrected chi connectivity index (χ3v) is 3.36. The van der Waals surface area contributed by atoms with E-state index in [2.05, 4.69) is 20.5 Å². The molecule has 0 atom stereocenters. The van der Waals surface area contributed by atoms with Crippen LogP contribution in [0.1, 0.15) is 11.5 Å². The number of nitrogens with zero attached hydrogens (tertiary/aromatic N) is 5. The molecule has 0 aliphatic carbocycles. The summed E-state index contributed by atoms with van der Waals surface area (Å²) in [5, 5.41) is 13.7. The zero-order chi connectivity index (χ0) is 12.4. The highest BCUT2D eigenvalue weighted by molar-refractivity contribution is 7.13. The molecule has 3 heterocycles. The minimum atomic E-state index is 0.340. The zero-order valence-electron chi connectivity index (χ0n) is 9.15. The Bertz CT molecular complexity index is 632. The van der Waals surface area contributed by atoms with Crippen molar-refractivity contribution in [1.29, 1.82) is 0 Å². The molecule has 0 radical (unpaired) electrons. The first-order chi connectivity index (χ1) is 8.85. The first-order valence-corrected chi connectivity index (χ1v) is 6.58. The van der Waals surface area contributed by atoms with Crippen molar-refractivity contribution in [3.63, 3.8) is 0 Å². The van der Waals surface area contributed by atoms with Gasteiger partial charge in [-0.3, -0.25) is 0 Å². The summed E-state index contributed by atoms with van der Waals surface area (Å²) in [6.07, 6.45) is 1.76. The predicted octanol–water partition coefficient (Wildman–Crippen LogP) is 2.18. The van der Waals surface area contributed by atoms with Crippen LogP contribution in [0.5, 0.6) is 0 Å². The average Bonchev–Trinajstić information content (AvgIpc) is 3.10. The molecule has 0 saturated carbocycles. The lowest BCUT2D eigenvalue weighted by Crippen LogP contribution is -2.02. The topological polar surface area (TPSA) is 69.6 Å². The molecule has 92 valence electrons. The molecule has 0 amide bonds. The van der Waals surface area contributed by atoms with Crippen molar-refractivity contribution in [3.05, 3.63) is 35.2 Å². The number of hydrogen-bond acceptors (Lipinski definition) is 6. The van der Waals surface area contributed by atoms with Gasteiger partial charge in [-0.25, -0.2) is 4.68 Å². The standard InChI is InChI=1S/C10H8ClN5OS/c11-4-7-5-16(15-13-7)6-9-12-10(17-14-9)8-2-1-3-18-8/h1-3,5H,4,6H2. The van der Waals surface area contributed by atoms with E-state index in [4.69, 9.17) is 16.1 Å². The lowest BCUT2D eigenvalue weighted by atomic mass is 10.5. The molecule has 0 saturated heterocycles. The van der Waals surface area contributed by atoms with Crippen LogP contribution in [-0.2, 0) is 12.4 Å². The zero-order valence-corrected chi connectivity index (χ0v) is 10.7. The maximum Gasteiger partial charge on any atom is 0.268 e. The third kappa shape index (κ3) is 2.27. The molecule has 3 aromatic heterocycles. The van der Waals surface area contributed by atoms with Crippen molar-refractivity contribution in [1.82, 2.24) is 25.1 Å². The van der Waals surface area contributed by atoms with E-state index in [1.165, 1.54) is 0 Å². The number of aromatic nitrogens is 5. The van der Waals surface area contributed by atoms with Crippen molar-refractivity contribution in [2.75, 3.05) is 0 Å². The first-order valence-electron chi connectivity index (χ1n) is 5.16. The molecule has 0 aliphatic rings. The Morgan fingerprint density at radius 1 is 1.44 bits per heavy atom. The molecule has 3 aromatic rings. The molecular formula is C10H8ClN5OS. The molecule has 0 N–H and O–H groups in total. The maximum atomic E-state index is 5.65.